The standard InChI is InChI=1S/C51H36N2S/c1-51(2)45-15-7-3-11-39(45)43-31-37(27-29-46(43)51)52(38-28-30-50-44(32-38)42-14-6-10-18-49(42)54-50)35-23-19-33(20-24-35)34-21-25-36(26-22-34)53-47-16-8-4-12-40(47)41-13-5-9-17-48(41)53/h3-32H,1-2H3. The number of aromatic nitrogens is 1. The summed E-state index contributed by atoms with van der Waals surface area (Å²) >= 11 is 1.86. The molecule has 0 spiro atoms. The first-order chi connectivity index (χ1) is 26.5. The lowest BCUT2D eigenvalue weighted by atomic mass is 9.82. The van der Waals surface area contributed by atoms with Crippen molar-refractivity contribution in [2.45, 2.75) is 19.3 Å². The van der Waals surface area contributed by atoms with E-state index in [4.69, 9.17) is 0 Å². The monoisotopic (exact) mass is 708 g/mol. The number of nitrogens with zero attached hydrogens (tertiary/aromatic N) is 2. The average molecular weight is 709 g/mol. The molecule has 0 N–H and O–H groups in total. The van der Waals surface area contributed by atoms with Gasteiger partial charge in [0, 0.05) is 59.1 Å². The SMILES string of the molecule is CC1(C)c2ccccc2-c2cc(N(c3ccc(-c4ccc(-n5c6ccccc6c6ccccc65)cc4)cc3)c3ccc4sc5ccccc5c4c3)ccc21. The summed E-state index contributed by atoms with van der Waals surface area (Å²) in [4.78, 5) is 2.43. The van der Waals surface area contributed by atoms with Crippen LogP contribution in [0.5, 0.6) is 0 Å². The molecule has 2 nitrogen and oxygen atoms in total. The molecule has 0 amide bonds. The van der Waals surface area contributed by atoms with Crippen LogP contribution in [0.25, 0.3) is 69.9 Å². The van der Waals surface area contributed by atoms with Crippen LogP contribution < -0.4 is 4.90 Å². The summed E-state index contributed by atoms with van der Waals surface area (Å²) in [6.45, 7) is 4.69. The van der Waals surface area contributed by atoms with E-state index >= 15 is 0 Å². The molecule has 0 fully saturated rings. The Morgan fingerprint density at radius 3 is 1.70 bits per heavy atom. The highest BCUT2D eigenvalue weighted by Crippen LogP contribution is 2.51. The maximum absolute atomic E-state index is 2.43. The zero-order valence-corrected chi connectivity index (χ0v) is 30.9. The van der Waals surface area contributed by atoms with Crippen LogP contribution in [0, 0.1) is 0 Å². The van der Waals surface area contributed by atoms with Gasteiger partial charge in [0.2, 0.25) is 0 Å². The first-order valence-corrected chi connectivity index (χ1v) is 19.5. The van der Waals surface area contributed by atoms with Gasteiger partial charge in [0.05, 0.1) is 11.0 Å². The van der Waals surface area contributed by atoms with Crippen molar-refractivity contribution in [1.82, 2.24) is 4.57 Å². The van der Waals surface area contributed by atoms with Gasteiger partial charge in [-0.3, -0.25) is 0 Å². The van der Waals surface area contributed by atoms with Crippen molar-refractivity contribution < 1.29 is 0 Å². The number of anilines is 3. The number of fused-ring (bicyclic) bond motifs is 9. The van der Waals surface area contributed by atoms with Gasteiger partial charge < -0.3 is 9.47 Å². The van der Waals surface area contributed by atoms with Gasteiger partial charge in [-0.15, -0.1) is 11.3 Å². The summed E-state index contributed by atoms with van der Waals surface area (Å²) in [5.41, 5.74) is 14.8. The molecule has 0 bridgehead atoms. The lowest BCUT2D eigenvalue weighted by Gasteiger charge is -2.27. The molecule has 0 unspecified atom stereocenters. The van der Waals surface area contributed by atoms with Gasteiger partial charge in [0.25, 0.3) is 0 Å². The number of hydrogen-bond acceptors (Lipinski definition) is 2. The molecule has 10 aromatic rings. The fourth-order valence-corrected chi connectivity index (χ4v) is 10.0. The minimum Gasteiger partial charge on any atom is -0.310 e. The number of thiophene rings is 1. The van der Waals surface area contributed by atoms with E-state index in [1.54, 1.807) is 0 Å². The minimum atomic E-state index is -0.0392. The summed E-state index contributed by atoms with van der Waals surface area (Å²) in [6, 6.07) is 67.1. The molecule has 1 aliphatic carbocycles. The third-order valence-corrected chi connectivity index (χ3v) is 12.8. The van der Waals surface area contributed by atoms with Gasteiger partial charge in [-0.25, -0.2) is 0 Å². The van der Waals surface area contributed by atoms with E-state index in [1.165, 1.54) is 75.4 Å². The molecule has 0 saturated carbocycles. The van der Waals surface area contributed by atoms with E-state index in [0.29, 0.717) is 0 Å². The number of hydrogen-bond donors (Lipinski definition) is 0. The normalized spacial score (nSPS) is 13.1. The third-order valence-electron chi connectivity index (χ3n) is 11.6. The van der Waals surface area contributed by atoms with Crippen molar-refractivity contribution >= 4 is 70.4 Å². The van der Waals surface area contributed by atoms with Crippen LogP contribution in [0.15, 0.2) is 182 Å². The molecule has 1 aliphatic rings. The van der Waals surface area contributed by atoms with Crippen LogP contribution in [0.2, 0.25) is 0 Å². The molecule has 0 radical (unpaired) electrons. The summed E-state index contributed by atoms with van der Waals surface area (Å²) < 4.78 is 5.00. The van der Waals surface area contributed by atoms with E-state index in [2.05, 4.69) is 205 Å². The van der Waals surface area contributed by atoms with Gasteiger partial charge in [-0.2, -0.15) is 0 Å². The van der Waals surface area contributed by atoms with Crippen molar-refractivity contribution in [2.75, 3.05) is 4.90 Å². The maximum Gasteiger partial charge on any atom is 0.0541 e. The topological polar surface area (TPSA) is 8.17 Å². The summed E-state index contributed by atoms with van der Waals surface area (Å²) in [6.07, 6.45) is 0. The third kappa shape index (κ3) is 4.65. The predicted octanol–water partition coefficient (Wildman–Crippen LogP) is 14.6. The highest BCUT2D eigenvalue weighted by Gasteiger charge is 2.35. The minimum absolute atomic E-state index is 0.0392. The molecule has 11 rings (SSSR count). The van der Waals surface area contributed by atoms with Gasteiger partial charge in [0.1, 0.15) is 0 Å². The number of para-hydroxylation sites is 2. The second-order valence-corrected chi connectivity index (χ2v) is 16.1. The molecule has 0 atom stereocenters. The highest BCUT2D eigenvalue weighted by atomic mass is 32.1. The molecule has 0 saturated heterocycles. The Hall–Kier alpha value is -6.42. The molecule has 2 aromatic heterocycles. The fraction of sp³-hybridized carbons (Fsp3) is 0.0588. The Kier molecular flexibility index (Phi) is 6.80. The van der Waals surface area contributed by atoms with E-state index < -0.39 is 0 Å². The predicted molar refractivity (Wildman–Crippen MR) is 231 cm³/mol. The smallest absolute Gasteiger partial charge is 0.0541 e. The van der Waals surface area contributed by atoms with E-state index in [0.717, 1.165) is 22.7 Å². The van der Waals surface area contributed by atoms with E-state index in [1.807, 2.05) is 11.3 Å². The lowest BCUT2D eigenvalue weighted by molar-refractivity contribution is 0.660. The van der Waals surface area contributed by atoms with Crippen LogP contribution in [-0.4, -0.2) is 4.57 Å². The lowest BCUT2D eigenvalue weighted by Crippen LogP contribution is -2.15. The largest absolute Gasteiger partial charge is 0.310 e. The van der Waals surface area contributed by atoms with Crippen LogP contribution >= 0.6 is 11.3 Å². The van der Waals surface area contributed by atoms with Gasteiger partial charge in [0.15, 0.2) is 0 Å². The van der Waals surface area contributed by atoms with Crippen LogP contribution in [0.1, 0.15) is 25.0 Å². The Labute approximate surface area is 318 Å². The first-order valence-electron chi connectivity index (χ1n) is 18.7. The van der Waals surface area contributed by atoms with Crippen molar-refractivity contribution in [3.05, 3.63) is 193 Å². The van der Waals surface area contributed by atoms with Crippen molar-refractivity contribution in [2.24, 2.45) is 0 Å². The highest BCUT2D eigenvalue weighted by molar-refractivity contribution is 7.25. The van der Waals surface area contributed by atoms with Crippen molar-refractivity contribution in [3.8, 4) is 27.9 Å². The van der Waals surface area contributed by atoms with Crippen LogP contribution in [0.3, 0.4) is 0 Å². The second kappa shape index (κ2) is 11.8. The quantitative estimate of drug-likeness (QED) is 0.173. The van der Waals surface area contributed by atoms with E-state index in [-0.39, 0.29) is 5.41 Å². The second-order valence-electron chi connectivity index (χ2n) is 15.0. The molecule has 8 aromatic carbocycles. The molecule has 2 heterocycles. The zero-order valence-electron chi connectivity index (χ0n) is 30.1. The summed E-state index contributed by atoms with van der Waals surface area (Å²) in [5.74, 6) is 0. The van der Waals surface area contributed by atoms with Crippen LogP contribution in [0.4, 0.5) is 17.1 Å². The zero-order chi connectivity index (χ0) is 36.0. The maximum atomic E-state index is 2.43. The Bertz CT molecular complexity index is 3020. The Morgan fingerprint density at radius 1 is 0.426 bits per heavy atom. The molecular formula is C51H36N2S. The van der Waals surface area contributed by atoms with Gasteiger partial charge >= 0.3 is 0 Å². The van der Waals surface area contributed by atoms with Crippen LogP contribution in [-0.2, 0) is 5.41 Å². The summed E-state index contributed by atoms with van der Waals surface area (Å²) in [5, 5.41) is 5.16. The molecule has 256 valence electrons. The molecule has 3 heteroatoms. The first kappa shape index (κ1) is 31.1. The van der Waals surface area contributed by atoms with Crippen molar-refractivity contribution in [3.63, 3.8) is 0 Å². The average Bonchev–Trinajstić information content (AvgIpc) is 3.84. The Morgan fingerprint density at radius 2 is 0.963 bits per heavy atom. The fourth-order valence-electron chi connectivity index (χ4n) is 8.95. The van der Waals surface area contributed by atoms with Crippen molar-refractivity contribution in [1.29, 1.82) is 0 Å². The summed E-state index contributed by atoms with van der Waals surface area (Å²) in [7, 11) is 0. The van der Waals surface area contributed by atoms with E-state index in [9.17, 15) is 0 Å². The molecule has 0 aliphatic heterocycles. The number of benzene rings is 8. The molecule has 54 heavy (non-hydrogen) atoms. The van der Waals surface area contributed by atoms with Gasteiger partial charge in [-0.05, 0) is 106 Å². The Balaban J connectivity index is 1.01. The molecular weight excluding hydrogens is 673 g/mol. The number of rotatable bonds is 5. The van der Waals surface area contributed by atoms with Gasteiger partial charge in [-0.1, -0.05) is 123 Å².